The highest BCUT2D eigenvalue weighted by molar-refractivity contribution is 6.31. The van der Waals surface area contributed by atoms with Gasteiger partial charge in [-0.2, -0.15) is 0 Å². The molecule has 1 aromatic rings. The number of hydrogen-bond acceptors (Lipinski definition) is 3. The van der Waals surface area contributed by atoms with E-state index in [1.54, 1.807) is 12.1 Å². The molecule has 3 nitrogen and oxygen atoms in total. The quantitative estimate of drug-likeness (QED) is 0.795. The van der Waals surface area contributed by atoms with E-state index in [0.717, 1.165) is 32.5 Å². The summed E-state index contributed by atoms with van der Waals surface area (Å²) < 4.78 is 5.71. The Morgan fingerprint density at radius 2 is 2.37 bits per heavy atom. The number of hydrogen-bond donors (Lipinski definition) is 0. The number of carbonyl (C=O) groups is 1. The Morgan fingerprint density at radius 1 is 1.53 bits per heavy atom. The van der Waals surface area contributed by atoms with Crippen molar-refractivity contribution in [1.82, 2.24) is 4.90 Å². The van der Waals surface area contributed by atoms with Gasteiger partial charge in [-0.15, -0.1) is 0 Å². The molecule has 1 fully saturated rings. The van der Waals surface area contributed by atoms with Gasteiger partial charge >= 0.3 is 0 Å². The lowest BCUT2D eigenvalue weighted by molar-refractivity contribution is 0.0512. The number of rotatable bonds is 4. The molecule has 0 aliphatic carbocycles. The summed E-state index contributed by atoms with van der Waals surface area (Å²) in [6.07, 6.45) is 2.22. The van der Waals surface area contributed by atoms with Gasteiger partial charge in [-0.05, 0) is 25.0 Å². The highest BCUT2D eigenvalue weighted by Crippen LogP contribution is 2.13. The summed E-state index contributed by atoms with van der Waals surface area (Å²) >= 11 is 5.92. The van der Waals surface area contributed by atoms with E-state index < -0.39 is 0 Å². The standard InChI is InChI=1S/C15H20ClNO2/c1-2-14-10-17(7-4-8-19-14)11-15(18)12-5-3-6-13(16)9-12/h3,5-6,9,14H,2,4,7-8,10-11H2,1H3. The molecule has 0 aromatic heterocycles. The van der Waals surface area contributed by atoms with Crippen molar-refractivity contribution in [3.05, 3.63) is 34.9 Å². The van der Waals surface area contributed by atoms with Crippen LogP contribution in [0, 0.1) is 0 Å². The molecule has 1 heterocycles. The monoisotopic (exact) mass is 281 g/mol. The third kappa shape index (κ3) is 4.30. The van der Waals surface area contributed by atoms with Crippen molar-refractivity contribution in [2.45, 2.75) is 25.9 Å². The fraction of sp³-hybridized carbons (Fsp3) is 0.533. The van der Waals surface area contributed by atoms with Crippen LogP contribution in [0.2, 0.25) is 5.02 Å². The molecule has 1 atom stereocenters. The molecule has 19 heavy (non-hydrogen) atoms. The molecule has 1 unspecified atom stereocenters. The van der Waals surface area contributed by atoms with E-state index in [1.807, 2.05) is 12.1 Å². The van der Waals surface area contributed by atoms with Crippen LogP contribution in [0.5, 0.6) is 0 Å². The predicted molar refractivity (Wildman–Crippen MR) is 76.9 cm³/mol. The SMILES string of the molecule is CCC1CN(CC(=O)c2cccc(Cl)c2)CCCO1. The zero-order valence-corrected chi connectivity index (χ0v) is 12.0. The highest BCUT2D eigenvalue weighted by atomic mass is 35.5. The third-order valence-corrected chi connectivity index (χ3v) is 3.64. The Morgan fingerprint density at radius 3 is 3.11 bits per heavy atom. The van der Waals surface area contributed by atoms with Crippen molar-refractivity contribution >= 4 is 17.4 Å². The Hall–Kier alpha value is -0.900. The van der Waals surface area contributed by atoms with Crippen LogP contribution in [-0.4, -0.2) is 43.0 Å². The van der Waals surface area contributed by atoms with Gasteiger partial charge in [0.15, 0.2) is 5.78 Å². The van der Waals surface area contributed by atoms with Crippen molar-refractivity contribution in [3.8, 4) is 0 Å². The van der Waals surface area contributed by atoms with Crippen LogP contribution in [-0.2, 0) is 4.74 Å². The summed E-state index contributed by atoms with van der Waals surface area (Å²) in [5.41, 5.74) is 0.686. The minimum absolute atomic E-state index is 0.124. The van der Waals surface area contributed by atoms with Gasteiger partial charge < -0.3 is 4.74 Å². The van der Waals surface area contributed by atoms with Gasteiger partial charge in [-0.3, -0.25) is 9.69 Å². The van der Waals surface area contributed by atoms with Crippen molar-refractivity contribution in [3.63, 3.8) is 0 Å². The average Bonchev–Trinajstić information content (AvgIpc) is 2.64. The Balaban J connectivity index is 1.97. The van der Waals surface area contributed by atoms with Crippen LogP contribution >= 0.6 is 11.6 Å². The molecule has 104 valence electrons. The van der Waals surface area contributed by atoms with Crippen LogP contribution in [0.1, 0.15) is 30.1 Å². The number of Topliss-reactive ketones (excluding diaryl/α,β-unsaturated/α-hetero) is 1. The first-order valence-electron chi connectivity index (χ1n) is 6.81. The topological polar surface area (TPSA) is 29.5 Å². The van der Waals surface area contributed by atoms with Crippen molar-refractivity contribution in [1.29, 1.82) is 0 Å². The summed E-state index contributed by atoms with van der Waals surface area (Å²) in [5.74, 6) is 0.124. The fourth-order valence-corrected chi connectivity index (χ4v) is 2.51. The summed E-state index contributed by atoms with van der Waals surface area (Å²) in [6.45, 7) is 5.11. The Kier molecular flexibility index (Phi) is 5.37. The first kappa shape index (κ1) is 14.5. The van der Waals surface area contributed by atoms with Crippen LogP contribution in [0.3, 0.4) is 0 Å². The van der Waals surface area contributed by atoms with Crippen LogP contribution < -0.4 is 0 Å². The van der Waals surface area contributed by atoms with E-state index in [0.29, 0.717) is 17.1 Å². The molecule has 4 heteroatoms. The van der Waals surface area contributed by atoms with E-state index in [1.165, 1.54) is 0 Å². The van der Waals surface area contributed by atoms with Gasteiger partial charge in [-0.25, -0.2) is 0 Å². The Labute approximate surface area is 119 Å². The molecule has 1 aliphatic rings. The van der Waals surface area contributed by atoms with E-state index in [-0.39, 0.29) is 11.9 Å². The minimum atomic E-state index is 0.124. The second-order valence-corrected chi connectivity index (χ2v) is 5.36. The zero-order chi connectivity index (χ0) is 13.7. The fourth-order valence-electron chi connectivity index (χ4n) is 2.32. The van der Waals surface area contributed by atoms with Gasteiger partial charge in [0.1, 0.15) is 0 Å². The van der Waals surface area contributed by atoms with Crippen molar-refractivity contribution < 1.29 is 9.53 Å². The molecule has 0 spiro atoms. The van der Waals surface area contributed by atoms with Gasteiger partial charge in [-0.1, -0.05) is 30.7 Å². The minimum Gasteiger partial charge on any atom is -0.377 e. The molecule has 0 bridgehead atoms. The molecule has 0 radical (unpaired) electrons. The molecule has 2 rings (SSSR count). The van der Waals surface area contributed by atoms with Crippen molar-refractivity contribution in [2.24, 2.45) is 0 Å². The normalized spacial score (nSPS) is 21.1. The number of nitrogens with zero attached hydrogens (tertiary/aromatic N) is 1. The number of ketones is 1. The van der Waals surface area contributed by atoms with E-state index >= 15 is 0 Å². The Bertz CT molecular complexity index is 436. The second-order valence-electron chi connectivity index (χ2n) is 4.92. The molecule has 1 saturated heterocycles. The lowest BCUT2D eigenvalue weighted by Gasteiger charge is -2.22. The van der Waals surface area contributed by atoms with Gasteiger partial charge in [0.25, 0.3) is 0 Å². The second kappa shape index (κ2) is 7.04. The summed E-state index contributed by atoms with van der Waals surface area (Å²) in [5, 5.41) is 0.608. The van der Waals surface area contributed by atoms with E-state index in [2.05, 4.69) is 11.8 Å². The lowest BCUT2D eigenvalue weighted by Crippen LogP contribution is -2.35. The molecule has 1 aromatic carbocycles. The summed E-state index contributed by atoms with van der Waals surface area (Å²) in [6, 6.07) is 7.15. The molecule has 0 amide bonds. The van der Waals surface area contributed by atoms with Gasteiger partial charge in [0.2, 0.25) is 0 Å². The first-order valence-corrected chi connectivity index (χ1v) is 7.19. The van der Waals surface area contributed by atoms with E-state index in [9.17, 15) is 4.79 Å². The maximum Gasteiger partial charge on any atom is 0.176 e. The number of ether oxygens (including phenoxy) is 1. The average molecular weight is 282 g/mol. The smallest absolute Gasteiger partial charge is 0.176 e. The van der Waals surface area contributed by atoms with Gasteiger partial charge in [0.05, 0.1) is 12.6 Å². The number of carbonyl (C=O) groups excluding carboxylic acids is 1. The molecule has 0 saturated carbocycles. The number of benzene rings is 1. The lowest BCUT2D eigenvalue weighted by atomic mass is 10.1. The molecular formula is C15H20ClNO2. The maximum absolute atomic E-state index is 12.2. The number of halogens is 1. The van der Waals surface area contributed by atoms with Crippen LogP contribution in [0.4, 0.5) is 0 Å². The third-order valence-electron chi connectivity index (χ3n) is 3.40. The molecule has 0 N–H and O–H groups in total. The zero-order valence-electron chi connectivity index (χ0n) is 11.3. The highest BCUT2D eigenvalue weighted by Gasteiger charge is 2.19. The van der Waals surface area contributed by atoms with Crippen LogP contribution in [0.15, 0.2) is 24.3 Å². The van der Waals surface area contributed by atoms with E-state index in [4.69, 9.17) is 16.3 Å². The predicted octanol–water partition coefficient (Wildman–Crippen LogP) is 3.02. The maximum atomic E-state index is 12.2. The van der Waals surface area contributed by atoms with Crippen LogP contribution in [0.25, 0.3) is 0 Å². The molecule has 1 aliphatic heterocycles. The molecular weight excluding hydrogens is 262 g/mol. The largest absolute Gasteiger partial charge is 0.377 e. The summed E-state index contributed by atoms with van der Waals surface area (Å²) in [4.78, 5) is 14.4. The van der Waals surface area contributed by atoms with Gasteiger partial charge in [0, 0.05) is 30.3 Å². The van der Waals surface area contributed by atoms with Crippen molar-refractivity contribution in [2.75, 3.05) is 26.2 Å². The summed E-state index contributed by atoms with van der Waals surface area (Å²) in [7, 11) is 0. The first-order chi connectivity index (χ1) is 9.19.